The molecule has 0 N–H and O–H groups in total. The normalized spacial score (nSPS) is 11.5. The quantitative estimate of drug-likeness (QED) is 0.107. The zero-order valence-electron chi connectivity index (χ0n) is 49.6. The van der Waals surface area contributed by atoms with Crippen molar-refractivity contribution in [3.05, 3.63) is 228 Å². The van der Waals surface area contributed by atoms with E-state index in [4.69, 9.17) is 0 Å². The van der Waals surface area contributed by atoms with Crippen molar-refractivity contribution >= 4 is 101 Å². The highest BCUT2D eigenvalue weighted by Crippen LogP contribution is 2.38. The van der Waals surface area contributed by atoms with Crippen molar-refractivity contribution in [2.75, 3.05) is 0 Å². The van der Waals surface area contributed by atoms with E-state index in [0.717, 1.165) is 0 Å². The van der Waals surface area contributed by atoms with Crippen molar-refractivity contribution in [3.63, 3.8) is 0 Å². The fourth-order valence-electron chi connectivity index (χ4n) is 14.2. The van der Waals surface area contributed by atoms with Gasteiger partial charge < -0.3 is 0 Å². The Bertz CT molecular complexity index is 3250. The topological polar surface area (TPSA) is 0 Å². The van der Waals surface area contributed by atoms with Crippen LogP contribution in [0.3, 0.4) is 0 Å². The van der Waals surface area contributed by atoms with Crippen LogP contribution in [0, 0.1) is 125 Å². The van der Waals surface area contributed by atoms with E-state index in [0.29, 0.717) is 0 Å². The molecule has 10 aromatic rings. The summed E-state index contributed by atoms with van der Waals surface area (Å²) in [5.74, 6) is 0. The highest BCUT2D eigenvalue weighted by molar-refractivity contribution is 7.31. The average molecular weight is 1070 g/mol. The monoisotopic (exact) mass is 1070 g/mol. The second kappa shape index (κ2) is 21.8. The summed E-state index contributed by atoms with van der Waals surface area (Å²) in [6.45, 7) is 41.5. The summed E-state index contributed by atoms with van der Waals surface area (Å²) in [5, 5.41) is 0. The van der Waals surface area contributed by atoms with Gasteiger partial charge >= 0.3 is 0 Å². The van der Waals surface area contributed by atoms with Gasteiger partial charge in [0.2, 0.25) is 0 Å². The van der Waals surface area contributed by atoms with E-state index >= 15 is 0 Å². The maximum atomic E-state index is 2.49. The molecule has 0 aliphatic heterocycles. The molecule has 0 saturated carbocycles. The minimum atomic E-state index is 0.117. The predicted molar refractivity (Wildman–Crippen MR) is 354 cm³/mol. The van der Waals surface area contributed by atoms with Gasteiger partial charge in [-0.3, -0.25) is 0 Å². The summed E-state index contributed by atoms with van der Waals surface area (Å²) < 4.78 is 4.14. The van der Waals surface area contributed by atoms with Crippen molar-refractivity contribution in [3.8, 4) is 31.3 Å². The fourth-order valence-corrected chi connectivity index (χ4v) is 17.6. The lowest BCUT2D eigenvalue weighted by Crippen LogP contribution is -2.54. The first-order valence-corrected chi connectivity index (χ1v) is 30.4. The number of rotatable bonds is 12. The Morgan fingerprint density at radius 2 is 0.359 bits per heavy atom. The van der Waals surface area contributed by atoms with Crippen molar-refractivity contribution < 1.29 is 0 Å². The molecule has 3 aromatic heterocycles. The van der Waals surface area contributed by atoms with Gasteiger partial charge in [-0.15, -0.1) is 34.0 Å². The lowest BCUT2D eigenvalue weighted by Gasteiger charge is -2.23. The average Bonchev–Trinajstić information content (AvgIpc) is 4.32. The van der Waals surface area contributed by atoms with Gasteiger partial charge in [-0.05, 0) is 192 Å². The molecule has 3 heterocycles. The number of thiophene rings is 3. The molecule has 0 aliphatic carbocycles. The first-order valence-electron chi connectivity index (χ1n) is 28.0. The first kappa shape index (κ1) is 55.2. The smallest absolute Gasteiger partial charge is 0.149 e. The highest BCUT2D eigenvalue weighted by Gasteiger charge is 2.34. The molecule has 6 heteroatoms. The van der Waals surface area contributed by atoms with E-state index in [-0.39, 0.29) is 20.1 Å². The van der Waals surface area contributed by atoms with E-state index in [9.17, 15) is 0 Å². The molecule has 0 amide bonds. The van der Waals surface area contributed by atoms with E-state index in [2.05, 4.69) is 252 Å². The molecule has 0 atom stereocenters. The molecule has 0 spiro atoms. The summed E-state index contributed by atoms with van der Waals surface area (Å²) in [7, 11) is 0. The van der Waals surface area contributed by atoms with Gasteiger partial charge in [0.15, 0.2) is 0 Å². The van der Waals surface area contributed by atoms with Crippen molar-refractivity contribution in [2.24, 2.45) is 0 Å². The maximum Gasteiger partial charge on any atom is 0.255 e. The number of hydrogen-bond donors (Lipinski definition) is 0. The van der Waals surface area contributed by atoms with Crippen LogP contribution in [-0.4, -0.2) is 20.1 Å². The molecule has 78 heavy (non-hydrogen) atoms. The molecule has 0 nitrogen and oxygen atoms in total. The Labute approximate surface area is 481 Å². The Kier molecular flexibility index (Phi) is 15.4. The minimum Gasteiger partial charge on any atom is -0.149 e. The molecule has 10 rings (SSSR count). The summed E-state index contributed by atoms with van der Waals surface area (Å²) in [6.07, 6.45) is 0. The summed E-state index contributed by atoms with van der Waals surface area (Å²) >= 11 is 5.90. The predicted octanol–water partition coefficient (Wildman–Crippen LogP) is 14.0. The van der Waals surface area contributed by atoms with Crippen LogP contribution in [0.2, 0.25) is 0 Å². The Morgan fingerprint density at radius 1 is 0.205 bits per heavy atom. The lowest BCUT2D eigenvalue weighted by atomic mass is 9.37. The molecular formula is C72H75B3S3. The van der Waals surface area contributed by atoms with Crippen molar-refractivity contribution in [1.82, 2.24) is 0 Å². The molecule has 0 aliphatic rings. The second-order valence-electron chi connectivity index (χ2n) is 23.6. The zero-order valence-corrected chi connectivity index (χ0v) is 52.0. The van der Waals surface area contributed by atoms with Crippen LogP contribution in [0.1, 0.15) is 100 Å². The number of hydrogen-bond acceptors (Lipinski definition) is 3. The highest BCUT2D eigenvalue weighted by atomic mass is 32.1. The van der Waals surface area contributed by atoms with Crippen LogP contribution in [0.4, 0.5) is 0 Å². The van der Waals surface area contributed by atoms with Gasteiger partial charge in [-0.25, -0.2) is 0 Å². The Balaban J connectivity index is 1.18. The van der Waals surface area contributed by atoms with E-state index in [1.165, 1.54) is 179 Å². The third-order valence-corrected chi connectivity index (χ3v) is 20.3. The standard InChI is InChI=1S/C72H75B3S3/c1-40-25-46(7)67(47(8)26-40)73(68-48(9)27-41(2)28-49(68)10)64-22-19-61(76-64)58-37-59(62-20-23-65(77-62)74(69-50(11)29-42(3)30-51(69)12)70-52(13)31-43(4)32-53(70)14)39-60(38-58)63-21-24-66(78-63)75(71-54(15)33-44(5)34-55(71)16)72-56(17)35-45(6)36-57(72)18/h19-39H,1-18H3. The van der Waals surface area contributed by atoms with Gasteiger partial charge in [-0.2, -0.15) is 0 Å². The fraction of sp³-hybridized carbons (Fsp3) is 0.250. The lowest BCUT2D eigenvalue weighted by molar-refractivity contribution is 1.34. The summed E-state index contributed by atoms with van der Waals surface area (Å²) in [6, 6.07) is 50.6. The zero-order chi connectivity index (χ0) is 55.8. The number of benzene rings is 7. The van der Waals surface area contributed by atoms with Crippen LogP contribution in [0.15, 0.2) is 127 Å². The number of aryl methyl sites for hydroxylation is 18. The second-order valence-corrected chi connectivity index (χ2v) is 26.9. The third-order valence-electron chi connectivity index (χ3n) is 16.7. The molecular weight excluding hydrogens is 993 g/mol. The van der Waals surface area contributed by atoms with E-state index in [1.54, 1.807) is 0 Å². The largest absolute Gasteiger partial charge is 0.255 e. The van der Waals surface area contributed by atoms with E-state index < -0.39 is 0 Å². The molecule has 0 saturated heterocycles. The third kappa shape index (κ3) is 10.6. The van der Waals surface area contributed by atoms with Crippen molar-refractivity contribution in [2.45, 2.75) is 125 Å². The SMILES string of the molecule is Cc1cc(C)c(B(c2ccc(-c3cc(-c4ccc(B(c5c(C)cc(C)cc5C)c5c(C)cc(C)cc5C)s4)cc(-c4ccc(B(c5c(C)cc(C)cc5C)c5c(C)cc(C)cc5C)s4)c3)s2)c2c(C)cc(C)cc2C)c(C)c1. The molecule has 0 bridgehead atoms. The van der Waals surface area contributed by atoms with Crippen LogP contribution < -0.4 is 47.1 Å². The van der Waals surface area contributed by atoms with Crippen molar-refractivity contribution in [1.29, 1.82) is 0 Å². The molecule has 0 unspecified atom stereocenters. The summed E-state index contributed by atoms with van der Waals surface area (Å²) in [4.78, 5) is 3.88. The van der Waals surface area contributed by atoms with Crippen LogP contribution in [0.5, 0.6) is 0 Å². The van der Waals surface area contributed by atoms with Crippen LogP contribution >= 0.6 is 34.0 Å². The molecule has 0 fully saturated rings. The first-order chi connectivity index (χ1) is 37.0. The Hall–Kier alpha value is -6.17. The Morgan fingerprint density at radius 3 is 0.513 bits per heavy atom. The molecule has 7 aromatic carbocycles. The maximum absolute atomic E-state index is 2.49. The van der Waals surface area contributed by atoms with Gasteiger partial charge in [0.05, 0.1) is 0 Å². The van der Waals surface area contributed by atoms with Gasteiger partial charge in [0.1, 0.15) is 0 Å². The molecule has 0 radical (unpaired) electrons. The van der Waals surface area contributed by atoms with Gasteiger partial charge in [0.25, 0.3) is 20.1 Å². The van der Waals surface area contributed by atoms with Crippen LogP contribution in [0.25, 0.3) is 31.3 Å². The molecule has 390 valence electrons. The minimum absolute atomic E-state index is 0.117. The van der Waals surface area contributed by atoms with Gasteiger partial charge in [-0.1, -0.05) is 224 Å². The van der Waals surface area contributed by atoms with E-state index in [1.807, 2.05) is 34.0 Å². The van der Waals surface area contributed by atoms with Gasteiger partial charge in [0, 0.05) is 14.6 Å². The van der Waals surface area contributed by atoms with Crippen LogP contribution in [-0.2, 0) is 0 Å². The summed E-state index contributed by atoms with van der Waals surface area (Å²) in [5.41, 5.74) is 36.5.